The second-order valence-corrected chi connectivity index (χ2v) is 8.06. The maximum atomic E-state index is 11.9. The van der Waals surface area contributed by atoms with Gasteiger partial charge in [-0.1, -0.05) is 60.7 Å². The summed E-state index contributed by atoms with van der Waals surface area (Å²) in [6.45, 7) is 1.62. The fourth-order valence-corrected chi connectivity index (χ4v) is 4.24. The second kappa shape index (κ2) is 8.88. The van der Waals surface area contributed by atoms with Gasteiger partial charge in [0, 0.05) is 12.5 Å². The van der Waals surface area contributed by atoms with Gasteiger partial charge in [0.15, 0.2) is 6.29 Å². The molecule has 0 aromatic heterocycles. The Labute approximate surface area is 185 Å². The van der Waals surface area contributed by atoms with Gasteiger partial charge in [0.1, 0.15) is 30.1 Å². The standard InChI is InChI=1S/C25H25NO6/c1-15(27)26-21-22(28)23-20(14-29-24(32-23)17-8-3-2-4-9-17)31-25(21)30-19-12-11-16-7-5-6-10-18(16)13-19/h2-13,20-25,28H,14H2,1H3,(H,26,27)/t20-,21+,22-,23+,24+,25+/m1/s1. The van der Waals surface area contributed by atoms with Gasteiger partial charge in [-0.15, -0.1) is 0 Å². The average molecular weight is 435 g/mol. The maximum absolute atomic E-state index is 11.9. The molecule has 0 radical (unpaired) electrons. The molecule has 5 rings (SSSR count). The highest BCUT2D eigenvalue weighted by molar-refractivity contribution is 5.83. The van der Waals surface area contributed by atoms with Gasteiger partial charge in [0.05, 0.1) is 6.61 Å². The normalized spacial score (nSPS) is 29.8. The van der Waals surface area contributed by atoms with Crippen molar-refractivity contribution in [2.45, 2.75) is 43.9 Å². The topological polar surface area (TPSA) is 86.3 Å². The van der Waals surface area contributed by atoms with Gasteiger partial charge in [-0.3, -0.25) is 4.79 Å². The third-order valence-electron chi connectivity index (χ3n) is 5.78. The zero-order valence-corrected chi connectivity index (χ0v) is 17.6. The zero-order valence-electron chi connectivity index (χ0n) is 17.6. The molecular weight excluding hydrogens is 410 g/mol. The van der Waals surface area contributed by atoms with Crippen LogP contribution in [0.4, 0.5) is 0 Å². The van der Waals surface area contributed by atoms with E-state index in [2.05, 4.69) is 5.32 Å². The molecule has 7 nitrogen and oxygen atoms in total. The minimum atomic E-state index is -1.04. The summed E-state index contributed by atoms with van der Waals surface area (Å²) < 4.78 is 24.1. The molecule has 2 saturated heterocycles. The summed E-state index contributed by atoms with van der Waals surface area (Å²) in [7, 11) is 0. The lowest BCUT2D eigenvalue weighted by atomic mass is 9.95. The average Bonchev–Trinajstić information content (AvgIpc) is 2.82. The minimum absolute atomic E-state index is 0.228. The lowest BCUT2D eigenvalue weighted by Gasteiger charge is -2.47. The van der Waals surface area contributed by atoms with Gasteiger partial charge in [-0.2, -0.15) is 0 Å². The molecule has 0 spiro atoms. The molecule has 1 amide bonds. The molecule has 166 valence electrons. The van der Waals surface area contributed by atoms with Gasteiger partial charge in [-0.25, -0.2) is 0 Å². The lowest BCUT2D eigenvalue weighted by Crippen LogP contribution is -2.67. The number of carbonyl (C=O) groups excluding carboxylic acids is 1. The molecular formula is C25H25NO6. The summed E-state index contributed by atoms with van der Waals surface area (Å²) in [6, 6.07) is 22.3. The molecule has 0 aliphatic carbocycles. The van der Waals surface area contributed by atoms with Crippen LogP contribution in [0.15, 0.2) is 72.8 Å². The molecule has 7 heteroatoms. The first-order valence-corrected chi connectivity index (χ1v) is 10.7. The highest BCUT2D eigenvalue weighted by Crippen LogP contribution is 2.35. The van der Waals surface area contributed by atoms with E-state index in [1.807, 2.05) is 72.8 Å². The Bertz CT molecular complexity index is 1090. The van der Waals surface area contributed by atoms with Gasteiger partial charge in [0.2, 0.25) is 12.2 Å². The highest BCUT2D eigenvalue weighted by Gasteiger charge is 2.50. The number of aliphatic hydroxyl groups is 1. The number of hydrogen-bond acceptors (Lipinski definition) is 6. The molecule has 6 atom stereocenters. The second-order valence-electron chi connectivity index (χ2n) is 8.06. The highest BCUT2D eigenvalue weighted by atomic mass is 16.7. The zero-order chi connectivity index (χ0) is 22.1. The number of amides is 1. The number of hydrogen-bond donors (Lipinski definition) is 2. The molecule has 0 unspecified atom stereocenters. The van der Waals surface area contributed by atoms with Crippen LogP contribution < -0.4 is 10.1 Å². The Morgan fingerprint density at radius 3 is 2.53 bits per heavy atom. The fraction of sp³-hybridized carbons (Fsp3) is 0.320. The van der Waals surface area contributed by atoms with E-state index in [1.165, 1.54) is 6.92 Å². The summed E-state index contributed by atoms with van der Waals surface area (Å²) in [5.74, 6) is 0.282. The Kier molecular flexibility index (Phi) is 5.80. The van der Waals surface area contributed by atoms with Crippen molar-refractivity contribution in [2.24, 2.45) is 0 Å². The van der Waals surface area contributed by atoms with Crippen molar-refractivity contribution in [2.75, 3.05) is 6.61 Å². The summed E-state index contributed by atoms with van der Waals surface area (Å²) in [5.41, 5.74) is 0.851. The monoisotopic (exact) mass is 435 g/mol. The maximum Gasteiger partial charge on any atom is 0.223 e. The largest absolute Gasteiger partial charge is 0.463 e. The number of ether oxygens (including phenoxy) is 4. The first-order valence-electron chi connectivity index (χ1n) is 10.7. The van der Waals surface area contributed by atoms with Crippen LogP contribution in [-0.4, -0.2) is 48.3 Å². The number of carbonyl (C=O) groups is 1. The summed E-state index contributed by atoms with van der Waals surface area (Å²) in [4.78, 5) is 11.9. The molecule has 2 N–H and O–H groups in total. The number of rotatable bonds is 4. The summed E-state index contributed by atoms with van der Waals surface area (Å²) >= 11 is 0. The predicted octanol–water partition coefficient (Wildman–Crippen LogP) is 2.92. The van der Waals surface area contributed by atoms with Crippen molar-refractivity contribution >= 4 is 16.7 Å². The third kappa shape index (κ3) is 4.20. The Morgan fingerprint density at radius 1 is 1.00 bits per heavy atom. The van der Waals surface area contributed by atoms with E-state index in [9.17, 15) is 9.90 Å². The van der Waals surface area contributed by atoms with Gasteiger partial charge in [-0.05, 0) is 22.9 Å². The van der Waals surface area contributed by atoms with E-state index < -0.39 is 36.9 Å². The smallest absolute Gasteiger partial charge is 0.223 e. The minimum Gasteiger partial charge on any atom is -0.463 e. The first-order chi connectivity index (χ1) is 15.6. The Morgan fingerprint density at radius 2 is 1.75 bits per heavy atom. The van der Waals surface area contributed by atoms with Crippen LogP contribution in [0.2, 0.25) is 0 Å². The summed E-state index contributed by atoms with van der Waals surface area (Å²) in [6.07, 6.45) is -3.79. The van der Waals surface area contributed by atoms with Crippen LogP contribution in [0, 0.1) is 0 Å². The number of aliphatic hydroxyl groups excluding tert-OH is 1. The van der Waals surface area contributed by atoms with Crippen molar-refractivity contribution < 1.29 is 28.8 Å². The van der Waals surface area contributed by atoms with Crippen molar-refractivity contribution in [3.05, 3.63) is 78.4 Å². The van der Waals surface area contributed by atoms with E-state index in [1.54, 1.807) is 0 Å². The SMILES string of the molecule is CC(=O)N[C@@H]1[C@@H](Oc2ccc3ccccc3c2)O[C@@H]2CO[C@H](c3ccccc3)O[C@@H]2[C@@H]1O. The van der Waals surface area contributed by atoms with Crippen molar-refractivity contribution in [3.63, 3.8) is 0 Å². The Balaban J connectivity index is 1.37. The van der Waals surface area contributed by atoms with E-state index in [-0.39, 0.29) is 12.5 Å². The quantitative estimate of drug-likeness (QED) is 0.656. The van der Waals surface area contributed by atoms with Gasteiger partial charge in [0.25, 0.3) is 0 Å². The van der Waals surface area contributed by atoms with Gasteiger partial charge >= 0.3 is 0 Å². The molecule has 0 bridgehead atoms. The van der Waals surface area contributed by atoms with Crippen LogP contribution in [0.25, 0.3) is 10.8 Å². The third-order valence-corrected chi connectivity index (χ3v) is 5.78. The number of benzene rings is 3. The number of fused-ring (bicyclic) bond motifs is 2. The molecule has 2 aliphatic heterocycles. The van der Waals surface area contributed by atoms with Crippen LogP contribution in [-0.2, 0) is 19.0 Å². The van der Waals surface area contributed by atoms with Gasteiger partial charge < -0.3 is 29.4 Å². The molecule has 2 aliphatic rings. The number of nitrogens with one attached hydrogen (secondary N) is 1. The Hall–Kier alpha value is -2.97. The molecule has 2 heterocycles. The van der Waals surface area contributed by atoms with Crippen molar-refractivity contribution in [1.82, 2.24) is 5.32 Å². The van der Waals surface area contributed by atoms with Crippen LogP contribution in [0.3, 0.4) is 0 Å². The molecule has 2 fully saturated rings. The van der Waals surface area contributed by atoms with Crippen LogP contribution in [0.1, 0.15) is 18.8 Å². The van der Waals surface area contributed by atoms with E-state index >= 15 is 0 Å². The summed E-state index contributed by atoms with van der Waals surface area (Å²) in [5, 5.41) is 16.0. The van der Waals surface area contributed by atoms with Crippen molar-refractivity contribution in [1.29, 1.82) is 0 Å². The fourth-order valence-electron chi connectivity index (χ4n) is 4.24. The van der Waals surface area contributed by atoms with Crippen molar-refractivity contribution in [3.8, 4) is 5.75 Å². The van der Waals surface area contributed by atoms with E-state index in [0.717, 1.165) is 16.3 Å². The van der Waals surface area contributed by atoms with E-state index in [4.69, 9.17) is 18.9 Å². The van der Waals surface area contributed by atoms with E-state index in [0.29, 0.717) is 5.75 Å². The molecule has 0 saturated carbocycles. The lowest BCUT2D eigenvalue weighted by molar-refractivity contribution is -0.333. The predicted molar refractivity (Wildman–Crippen MR) is 117 cm³/mol. The molecule has 3 aromatic carbocycles. The first kappa shape index (κ1) is 20.9. The van der Waals surface area contributed by atoms with Crippen LogP contribution in [0.5, 0.6) is 5.75 Å². The molecule has 3 aromatic rings. The van der Waals surface area contributed by atoms with Crippen LogP contribution >= 0.6 is 0 Å². The molecule has 32 heavy (non-hydrogen) atoms.